The molecule has 0 aliphatic carbocycles. The summed E-state index contributed by atoms with van der Waals surface area (Å²) in [6.45, 7) is 4.19. The minimum atomic E-state index is -1.28. The summed E-state index contributed by atoms with van der Waals surface area (Å²) in [6.07, 6.45) is 0. The lowest BCUT2D eigenvalue weighted by Crippen LogP contribution is -2.06. The first kappa shape index (κ1) is 7.66. The molecular weight excluding hydrogens is 120 g/mol. The lowest BCUT2D eigenvalue weighted by molar-refractivity contribution is -0.134. The van der Waals surface area contributed by atoms with Crippen LogP contribution in [0.25, 0.3) is 0 Å². The van der Waals surface area contributed by atoms with Gasteiger partial charge in [0.1, 0.15) is 5.57 Å². The number of Topliss-reactive ketones (excluding diaryl/α,β-unsaturated/α-hetero) is 1. The number of hydrogen-bond acceptors (Lipinski definition) is 2. The van der Waals surface area contributed by atoms with Gasteiger partial charge in [0.15, 0.2) is 5.78 Å². The van der Waals surface area contributed by atoms with Crippen LogP contribution >= 0.6 is 0 Å². The van der Waals surface area contributed by atoms with Gasteiger partial charge in [-0.15, -0.1) is 5.73 Å². The molecule has 0 aromatic carbocycles. The van der Waals surface area contributed by atoms with E-state index in [1.165, 1.54) is 0 Å². The predicted molar refractivity (Wildman–Crippen MR) is 31.0 cm³/mol. The number of carbonyl (C=O) groups excluding carboxylic acids is 1. The Morgan fingerprint density at radius 3 is 2.00 bits per heavy atom. The fraction of sp³-hybridized carbons (Fsp3) is 0.167. The molecule has 0 heterocycles. The van der Waals surface area contributed by atoms with Crippen LogP contribution in [0.3, 0.4) is 0 Å². The Balaban J connectivity index is 4.59. The zero-order valence-corrected chi connectivity index (χ0v) is 4.97. The average molecular weight is 126 g/mol. The summed E-state index contributed by atoms with van der Waals surface area (Å²) in [4.78, 5) is 20.3. The second-order valence-corrected chi connectivity index (χ2v) is 1.41. The molecule has 0 bridgehead atoms. The van der Waals surface area contributed by atoms with Crippen molar-refractivity contribution >= 4 is 11.8 Å². The molecule has 0 aromatic rings. The molecule has 0 spiro atoms. The van der Waals surface area contributed by atoms with Crippen LogP contribution in [0, 0.1) is 0 Å². The SMILES string of the molecule is C=C=C(C(C)=O)C(=O)O. The van der Waals surface area contributed by atoms with Crippen LogP contribution in [-0.2, 0) is 9.59 Å². The highest BCUT2D eigenvalue weighted by molar-refractivity contribution is 6.15. The maximum absolute atomic E-state index is 10.3. The molecule has 0 aromatic heterocycles. The predicted octanol–water partition coefficient (Wildman–Crippen LogP) is 0.371. The minimum Gasteiger partial charge on any atom is -0.477 e. The van der Waals surface area contributed by atoms with Gasteiger partial charge < -0.3 is 5.11 Å². The van der Waals surface area contributed by atoms with E-state index in [0.29, 0.717) is 0 Å². The molecule has 0 saturated heterocycles. The van der Waals surface area contributed by atoms with Crippen molar-refractivity contribution < 1.29 is 14.7 Å². The summed E-state index contributed by atoms with van der Waals surface area (Å²) in [7, 11) is 0. The lowest BCUT2D eigenvalue weighted by atomic mass is 10.2. The maximum atomic E-state index is 10.3. The van der Waals surface area contributed by atoms with Gasteiger partial charge in [0.2, 0.25) is 0 Å². The van der Waals surface area contributed by atoms with Crippen molar-refractivity contribution in [3.8, 4) is 0 Å². The number of carbonyl (C=O) groups is 2. The van der Waals surface area contributed by atoms with Crippen molar-refractivity contribution in [3.63, 3.8) is 0 Å². The van der Waals surface area contributed by atoms with Crippen LogP contribution < -0.4 is 0 Å². The van der Waals surface area contributed by atoms with Crippen molar-refractivity contribution in [3.05, 3.63) is 17.9 Å². The third-order valence-electron chi connectivity index (χ3n) is 0.743. The fourth-order valence-corrected chi connectivity index (χ4v) is 0.351. The van der Waals surface area contributed by atoms with Crippen LogP contribution in [0.4, 0.5) is 0 Å². The summed E-state index contributed by atoms with van der Waals surface area (Å²) < 4.78 is 0. The topological polar surface area (TPSA) is 54.4 Å². The Bertz CT molecular complexity index is 180. The van der Waals surface area contributed by atoms with Crippen molar-refractivity contribution in [2.75, 3.05) is 0 Å². The number of hydrogen-bond donors (Lipinski definition) is 1. The molecule has 0 radical (unpaired) electrons. The number of carboxylic acid groups (broad SMARTS) is 1. The Kier molecular flexibility index (Phi) is 2.42. The third-order valence-corrected chi connectivity index (χ3v) is 0.743. The molecule has 3 nitrogen and oxygen atoms in total. The highest BCUT2D eigenvalue weighted by Crippen LogP contribution is 1.91. The Hall–Kier alpha value is -1.34. The first-order valence-electron chi connectivity index (χ1n) is 2.24. The summed E-state index contributed by atoms with van der Waals surface area (Å²) in [6, 6.07) is 0. The monoisotopic (exact) mass is 126 g/mol. The number of ketones is 1. The molecule has 1 N–H and O–H groups in total. The first-order chi connectivity index (χ1) is 4.09. The van der Waals surface area contributed by atoms with E-state index in [2.05, 4.69) is 6.58 Å². The molecule has 9 heavy (non-hydrogen) atoms. The van der Waals surface area contributed by atoms with E-state index < -0.39 is 17.3 Å². The van der Waals surface area contributed by atoms with Gasteiger partial charge in [-0.1, -0.05) is 6.58 Å². The average Bonchev–Trinajstić information content (AvgIpc) is 1.64. The van der Waals surface area contributed by atoms with Gasteiger partial charge in [-0.2, -0.15) is 0 Å². The van der Waals surface area contributed by atoms with E-state index >= 15 is 0 Å². The molecule has 0 amide bonds. The first-order valence-corrected chi connectivity index (χ1v) is 2.24. The molecule has 0 rings (SSSR count). The van der Waals surface area contributed by atoms with Crippen LogP contribution in [0.15, 0.2) is 17.9 Å². The number of aliphatic carboxylic acids is 1. The van der Waals surface area contributed by atoms with E-state index in [4.69, 9.17) is 5.11 Å². The van der Waals surface area contributed by atoms with Crippen molar-refractivity contribution in [1.82, 2.24) is 0 Å². The van der Waals surface area contributed by atoms with Gasteiger partial charge in [0, 0.05) is 6.92 Å². The van der Waals surface area contributed by atoms with Gasteiger partial charge in [0.25, 0.3) is 0 Å². The van der Waals surface area contributed by atoms with Crippen molar-refractivity contribution in [2.24, 2.45) is 0 Å². The van der Waals surface area contributed by atoms with Gasteiger partial charge in [-0.25, -0.2) is 4.79 Å². The Morgan fingerprint density at radius 1 is 1.56 bits per heavy atom. The highest BCUT2D eigenvalue weighted by atomic mass is 16.4. The number of rotatable bonds is 2. The molecule has 0 unspecified atom stereocenters. The standard InChI is InChI=1S/C6H6O3/c1-3-5(4(2)7)6(8)9/h1H2,2H3,(H,8,9). The fourth-order valence-electron chi connectivity index (χ4n) is 0.351. The Morgan fingerprint density at radius 2 is 2.00 bits per heavy atom. The number of carboxylic acids is 1. The molecule has 48 valence electrons. The summed E-state index contributed by atoms with van der Waals surface area (Å²) >= 11 is 0. The van der Waals surface area contributed by atoms with Gasteiger partial charge in [0.05, 0.1) is 0 Å². The highest BCUT2D eigenvalue weighted by Gasteiger charge is 2.09. The minimum absolute atomic E-state index is 0.394. The zero-order valence-electron chi connectivity index (χ0n) is 4.97. The molecule has 0 saturated carbocycles. The Labute approximate surface area is 52.3 Å². The van der Waals surface area contributed by atoms with Crippen LogP contribution in [0.5, 0.6) is 0 Å². The third kappa shape index (κ3) is 1.93. The maximum Gasteiger partial charge on any atom is 0.347 e. The normalized spacial score (nSPS) is 7.67. The molecular formula is C6H6O3. The van der Waals surface area contributed by atoms with Crippen LogP contribution in [0.2, 0.25) is 0 Å². The summed E-state index contributed by atoms with van der Waals surface area (Å²) in [5.74, 6) is -1.81. The van der Waals surface area contributed by atoms with E-state index in [0.717, 1.165) is 6.92 Å². The van der Waals surface area contributed by atoms with Crippen molar-refractivity contribution in [2.45, 2.75) is 6.92 Å². The molecule has 0 fully saturated rings. The smallest absolute Gasteiger partial charge is 0.347 e. The lowest BCUT2D eigenvalue weighted by Gasteiger charge is -1.87. The second-order valence-electron chi connectivity index (χ2n) is 1.41. The second kappa shape index (κ2) is 2.84. The van der Waals surface area contributed by atoms with Crippen LogP contribution in [-0.4, -0.2) is 16.9 Å². The molecule has 0 atom stereocenters. The van der Waals surface area contributed by atoms with Crippen LogP contribution in [0.1, 0.15) is 6.92 Å². The molecule has 0 aliphatic heterocycles. The van der Waals surface area contributed by atoms with E-state index in [-0.39, 0.29) is 0 Å². The van der Waals surface area contributed by atoms with Gasteiger partial charge >= 0.3 is 5.97 Å². The van der Waals surface area contributed by atoms with E-state index in [1.54, 1.807) is 0 Å². The van der Waals surface area contributed by atoms with Gasteiger partial charge in [-0.3, -0.25) is 4.79 Å². The van der Waals surface area contributed by atoms with E-state index in [1.807, 2.05) is 5.73 Å². The zero-order chi connectivity index (χ0) is 7.44. The summed E-state index contributed by atoms with van der Waals surface area (Å²) in [5.41, 5.74) is 1.63. The largest absolute Gasteiger partial charge is 0.477 e. The molecule has 3 heteroatoms. The molecule has 0 aliphatic rings. The quantitative estimate of drug-likeness (QED) is 0.252. The van der Waals surface area contributed by atoms with Gasteiger partial charge in [-0.05, 0) is 0 Å². The van der Waals surface area contributed by atoms with Crippen molar-refractivity contribution in [1.29, 1.82) is 0 Å². The summed E-state index contributed by atoms with van der Waals surface area (Å²) in [5, 5.41) is 8.18. The van der Waals surface area contributed by atoms with E-state index in [9.17, 15) is 9.59 Å².